The maximum Gasteiger partial charge on any atom is 0.00387 e. The summed E-state index contributed by atoms with van der Waals surface area (Å²) >= 11 is 0. The van der Waals surface area contributed by atoms with E-state index in [1.165, 1.54) is 32.5 Å². The van der Waals surface area contributed by atoms with Crippen LogP contribution in [-0.2, 0) is 0 Å². The maximum atomic E-state index is 3.73. The van der Waals surface area contributed by atoms with Crippen LogP contribution in [0.4, 0.5) is 0 Å². The van der Waals surface area contributed by atoms with Crippen molar-refractivity contribution in [2.24, 2.45) is 5.92 Å². The van der Waals surface area contributed by atoms with Crippen LogP contribution in [0.3, 0.4) is 0 Å². The van der Waals surface area contributed by atoms with Crippen LogP contribution in [0.25, 0.3) is 0 Å². The normalized spacial score (nSPS) is 22.5. The van der Waals surface area contributed by atoms with Gasteiger partial charge in [0.25, 0.3) is 0 Å². The molecule has 0 aromatic carbocycles. The fraction of sp³-hybridized carbons (Fsp3) is 0.846. The molecule has 2 heteroatoms. The van der Waals surface area contributed by atoms with Crippen LogP contribution in [0.1, 0.15) is 33.1 Å². The van der Waals surface area contributed by atoms with Crippen molar-refractivity contribution in [3.8, 4) is 0 Å². The van der Waals surface area contributed by atoms with Gasteiger partial charge in [-0.1, -0.05) is 6.08 Å². The molecular weight excluding hydrogens is 184 g/mol. The van der Waals surface area contributed by atoms with Crippen molar-refractivity contribution in [1.29, 1.82) is 0 Å². The van der Waals surface area contributed by atoms with Gasteiger partial charge in [-0.3, -0.25) is 0 Å². The topological polar surface area (TPSA) is 15.3 Å². The quantitative estimate of drug-likeness (QED) is 0.512. The molecule has 1 saturated heterocycles. The highest BCUT2D eigenvalue weighted by atomic mass is 15.2. The second-order valence-corrected chi connectivity index (χ2v) is 4.88. The zero-order valence-corrected chi connectivity index (χ0v) is 10.3. The lowest BCUT2D eigenvalue weighted by molar-refractivity contribution is 0.264. The minimum atomic E-state index is 0.718. The predicted octanol–water partition coefficient (Wildman–Crippen LogP) is 2.27. The van der Waals surface area contributed by atoms with Gasteiger partial charge >= 0.3 is 0 Å². The third-order valence-corrected chi connectivity index (χ3v) is 3.24. The van der Waals surface area contributed by atoms with E-state index in [2.05, 4.69) is 30.6 Å². The van der Waals surface area contributed by atoms with Crippen LogP contribution in [0.5, 0.6) is 0 Å². The summed E-state index contributed by atoms with van der Waals surface area (Å²) in [5.74, 6) is 0.871. The smallest absolute Gasteiger partial charge is 0.00387 e. The molecule has 1 unspecified atom stereocenters. The summed E-state index contributed by atoms with van der Waals surface area (Å²) in [5, 5.41) is 3.55. The molecule has 0 radical (unpaired) electrons. The molecule has 0 spiro atoms. The lowest BCUT2D eigenvalue weighted by Crippen LogP contribution is -2.30. The van der Waals surface area contributed by atoms with Gasteiger partial charge in [-0.15, -0.1) is 6.58 Å². The standard InChI is InChI=1S/C13H26N2/c1-4-5-6-8-14-10-13-7-9-15(11-13)12(2)3/h4,12-14H,1,5-11H2,2-3H3. The van der Waals surface area contributed by atoms with Crippen molar-refractivity contribution in [3.05, 3.63) is 12.7 Å². The summed E-state index contributed by atoms with van der Waals surface area (Å²) in [4.78, 5) is 2.58. The minimum Gasteiger partial charge on any atom is -0.316 e. The van der Waals surface area contributed by atoms with Crippen molar-refractivity contribution in [2.75, 3.05) is 26.2 Å². The van der Waals surface area contributed by atoms with E-state index in [0.29, 0.717) is 0 Å². The fourth-order valence-electron chi connectivity index (χ4n) is 2.18. The molecule has 1 aliphatic heterocycles. The molecule has 0 saturated carbocycles. The van der Waals surface area contributed by atoms with Crippen LogP contribution in [0, 0.1) is 5.92 Å². The molecule has 0 amide bonds. The second kappa shape index (κ2) is 7.02. The van der Waals surface area contributed by atoms with Gasteiger partial charge in [0.2, 0.25) is 0 Å². The van der Waals surface area contributed by atoms with Crippen molar-refractivity contribution in [2.45, 2.75) is 39.2 Å². The summed E-state index contributed by atoms with van der Waals surface area (Å²) in [6.07, 6.45) is 5.73. The van der Waals surface area contributed by atoms with E-state index in [1.54, 1.807) is 0 Å². The SMILES string of the molecule is C=CCCCNCC1CCN(C(C)C)C1. The van der Waals surface area contributed by atoms with Crippen molar-refractivity contribution in [3.63, 3.8) is 0 Å². The van der Waals surface area contributed by atoms with Gasteiger partial charge in [0.05, 0.1) is 0 Å². The summed E-state index contributed by atoms with van der Waals surface area (Å²) < 4.78 is 0. The van der Waals surface area contributed by atoms with E-state index in [0.717, 1.165) is 24.9 Å². The van der Waals surface area contributed by atoms with Crippen LogP contribution >= 0.6 is 0 Å². The van der Waals surface area contributed by atoms with Gasteiger partial charge in [0.15, 0.2) is 0 Å². The first-order valence-electron chi connectivity index (χ1n) is 6.29. The van der Waals surface area contributed by atoms with Crippen LogP contribution in [0.15, 0.2) is 12.7 Å². The molecule has 1 N–H and O–H groups in total. The Kier molecular flexibility index (Phi) is 5.96. The van der Waals surface area contributed by atoms with Gasteiger partial charge in [-0.25, -0.2) is 0 Å². The van der Waals surface area contributed by atoms with Crippen molar-refractivity contribution in [1.82, 2.24) is 10.2 Å². The highest BCUT2D eigenvalue weighted by Gasteiger charge is 2.23. The Morgan fingerprint density at radius 3 is 2.93 bits per heavy atom. The van der Waals surface area contributed by atoms with Crippen LogP contribution < -0.4 is 5.32 Å². The van der Waals surface area contributed by atoms with Crippen LogP contribution in [-0.4, -0.2) is 37.1 Å². The molecule has 1 aliphatic rings. The maximum absolute atomic E-state index is 3.73. The van der Waals surface area contributed by atoms with E-state index in [4.69, 9.17) is 0 Å². The molecule has 0 aromatic heterocycles. The Labute approximate surface area is 94.7 Å². The number of likely N-dealkylation sites (tertiary alicyclic amines) is 1. The van der Waals surface area contributed by atoms with Gasteiger partial charge in [0.1, 0.15) is 0 Å². The molecule has 1 rings (SSSR count). The average Bonchev–Trinajstić information content (AvgIpc) is 2.66. The predicted molar refractivity (Wildman–Crippen MR) is 67.1 cm³/mol. The number of hydrogen-bond donors (Lipinski definition) is 1. The number of nitrogens with zero attached hydrogens (tertiary/aromatic N) is 1. The molecule has 88 valence electrons. The van der Waals surface area contributed by atoms with Crippen molar-refractivity contribution < 1.29 is 0 Å². The van der Waals surface area contributed by atoms with Gasteiger partial charge in [-0.2, -0.15) is 0 Å². The molecule has 0 bridgehead atoms. The summed E-state index contributed by atoms with van der Waals surface area (Å²) in [7, 11) is 0. The Morgan fingerprint density at radius 1 is 1.53 bits per heavy atom. The number of hydrogen-bond acceptors (Lipinski definition) is 2. The molecule has 15 heavy (non-hydrogen) atoms. The second-order valence-electron chi connectivity index (χ2n) is 4.88. The first-order chi connectivity index (χ1) is 7.24. The lowest BCUT2D eigenvalue weighted by atomic mass is 10.1. The summed E-state index contributed by atoms with van der Waals surface area (Å²) in [6, 6.07) is 0.718. The van der Waals surface area contributed by atoms with E-state index in [9.17, 15) is 0 Å². The van der Waals surface area contributed by atoms with E-state index in [1.807, 2.05) is 6.08 Å². The first-order valence-corrected chi connectivity index (χ1v) is 6.29. The van der Waals surface area contributed by atoms with Crippen LogP contribution in [0.2, 0.25) is 0 Å². The van der Waals surface area contributed by atoms with Gasteiger partial charge < -0.3 is 10.2 Å². The number of unbranched alkanes of at least 4 members (excludes halogenated alkanes) is 1. The average molecular weight is 210 g/mol. The van der Waals surface area contributed by atoms with E-state index < -0.39 is 0 Å². The number of rotatable bonds is 7. The Morgan fingerprint density at radius 2 is 2.33 bits per heavy atom. The molecular formula is C13H26N2. The van der Waals surface area contributed by atoms with Gasteiger partial charge in [0, 0.05) is 12.6 Å². The molecule has 0 aliphatic carbocycles. The third-order valence-electron chi connectivity index (χ3n) is 3.24. The largest absolute Gasteiger partial charge is 0.316 e. The lowest BCUT2D eigenvalue weighted by Gasteiger charge is -2.20. The highest BCUT2D eigenvalue weighted by molar-refractivity contribution is 4.79. The van der Waals surface area contributed by atoms with Crippen molar-refractivity contribution >= 4 is 0 Å². The van der Waals surface area contributed by atoms with E-state index >= 15 is 0 Å². The fourth-order valence-corrected chi connectivity index (χ4v) is 2.18. The molecule has 2 nitrogen and oxygen atoms in total. The minimum absolute atomic E-state index is 0.718. The number of allylic oxidation sites excluding steroid dienone is 1. The molecule has 1 atom stereocenters. The molecule has 1 heterocycles. The third kappa shape index (κ3) is 4.80. The highest BCUT2D eigenvalue weighted by Crippen LogP contribution is 2.17. The Balaban J connectivity index is 2.01. The monoisotopic (exact) mass is 210 g/mol. The summed E-state index contributed by atoms with van der Waals surface area (Å²) in [6.45, 7) is 13.2. The Bertz CT molecular complexity index is 177. The zero-order valence-electron chi connectivity index (χ0n) is 10.3. The zero-order chi connectivity index (χ0) is 11.1. The summed E-state index contributed by atoms with van der Waals surface area (Å²) in [5.41, 5.74) is 0. The molecule has 1 fully saturated rings. The molecule has 0 aromatic rings. The Hall–Kier alpha value is -0.340. The van der Waals surface area contributed by atoms with E-state index in [-0.39, 0.29) is 0 Å². The van der Waals surface area contributed by atoms with Gasteiger partial charge in [-0.05, 0) is 58.7 Å². The number of nitrogens with one attached hydrogen (secondary N) is 1. The first kappa shape index (κ1) is 12.7.